The van der Waals surface area contributed by atoms with E-state index in [4.69, 9.17) is 4.74 Å². The van der Waals surface area contributed by atoms with Crippen molar-refractivity contribution in [3.63, 3.8) is 0 Å². The van der Waals surface area contributed by atoms with E-state index in [9.17, 15) is 9.59 Å². The third-order valence-electron chi connectivity index (χ3n) is 4.33. The van der Waals surface area contributed by atoms with Gasteiger partial charge in [-0.2, -0.15) is 0 Å². The summed E-state index contributed by atoms with van der Waals surface area (Å²) in [6.45, 7) is 6.23. The minimum Gasteiger partial charge on any atom is -0.383 e. The molecule has 1 aliphatic heterocycles. The van der Waals surface area contributed by atoms with Crippen LogP contribution < -0.4 is 4.90 Å². The molecule has 1 heterocycles. The van der Waals surface area contributed by atoms with Crippen molar-refractivity contribution < 1.29 is 14.3 Å². The number of aryl methyl sites for hydroxylation is 1. The van der Waals surface area contributed by atoms with Gasteiger partial charge in [0.25, 0.3) is 0 Å². The van der Waals surface area contributed by atoms with Gasteiger partial charge in [-0.1, -0.05) is 17.7 Å². The summed E-state index contributed by atoms with van der Waals surface area (Å²) in [6, 6.07) is 7.89. The Morgan fingerprint density at radius 2 is 2.00 bits per heavy atom. The zero-order valence-corrected chi connectivity index (χ0v) is 15.0. The average Bonchev–Trinajstić information content (AvgIpc) is 2.55. The molecule has 1 aromatic carbocycles. The minimum atomic E-state index is -0.0372. The van der Waals surface area contributed by atoms with Gasteiger partial charge in [0, 0.05) is 31.9 Å². The Labute approximate surface area is 144 Å². The second kappa shape index (κ2) is 8.26. The van der Waals surface area contributed by atoms with Gasteiger partial charge in [-0.25, -0.2) is 0 Å². The maximum absolute atomic E-state index is 12.5. The van der Waals surface area contributed by atoms with E-state index in [1.807, 2.05) is 50.1 Å². The fraction of sp³-hybridized carbons (Fsp3) is 0.556. The molecule has 132 valence electrons. The lowest BCUT2D eigenvalue weighted by molar-refractivity contribution is -0.140. The number of methoxy groups -OCH3 is 1. The number of carbonyl (C=O) groups excluding carboxylic acids is 2. The highest BCUT2D eigenvalue weighted by Crippen LogP contribution is 2.20. The van der Waals surface area contributed by atoms with E-state index in [1.54, 1.807) is 16.9 Å². The van der Waals surface area contributed by atoms with Gasteiger partial charge in [0.2, 0.25) is 11.8 Å². The van der Waals surface area contributed by atoms with Crippen LogP contribution in [0.3, 0.4) is 0 Å². The number of benzene rings is 1. The number of rotatable bonds is 6. The van der Waals surface area contributed by atoms with Gasteiger partial charge in [0.1, 0.15) is 6.54 Å². The lowest BCUT2D eigenvalue weighted by Crippen LogP contribution is -2.58. The fourth-order valence-electron chi connectivity index (χ4n) is 2.81. The summed E-state index contributed by atoms with van der Waals surface area (Å²) < 4.78 is 5.02. The topological polar surface area (TPSA) is 53.1 Å². The SMILES string of the molecule is COCCN(C)CC(=O)N1CC(=O)N(c2ccc(C)cc2)C[C@H]1C. The molecular weight excluding hydrogens is 306 g/mol. The molecule has 0 radical (unpaired) electrons. The van der Waals surface area contributed by atoms with Crippen LogP contribution in [0, 0.1) is 6.92 Å². The smallest absolute Gasteiger partial charge is 0.246 e. The molecule has 1 saturated heterocycles. The molecule has 0 spiro atoms. The Morgan fingerprint density at radius 1 is 1.33 bits per heavy atom. The Bertz CT molecular complexity index is 573. The second-order valence-corrected chi connectivity index (χ2v) is 6.44. The lowest BCUT2D eigenvalue weighted by Gasteiger charge is -2.40. The molecule has 0 N–H and O–H groups in total. The van der Waals surface area contributed by atoms with E-state index in [1.165, 1.54) is 0 Å². The van der Waals surface area contributed by atoms with Crippen LogP contribution in [0.4, 0.5) is 5.69 Å². The third kappa shape index (κ3) is 4.55. The molecule has 1 aromatic rings. The Balaban J connectivity index is 1.98. The standard InChI is InChI=1S/C18H27N3O3/c1-14-5-7-16(8-6-14)21-11-15(2)20(13-18(21)23)17(22)12-19(3)9-10-24-4/h5-8,15H,9-13H2,1-4H3/t15-/m1/s1. The van der Waals surface area contributed by atoms with E-state index in [2.05, 4.69) is 0 Å². The number of likely N-dealkylation sites (N-methyl/N-ethyl adjacent to an activating group) is 1. The molecule has 0 aromatic heterocycles. The molecule has 6 nitrogen and oxygen atoms in total. The van der Waals surface area contributed by atoms with Crippen LogP contribution in [0.1, 0.15) is 12.5 Å². The summed E-state index contributed by atoms with van der Waals surface area (Å²) in [5.74, 6) is -0.0529. The Morgan fingerprint density at radius 3 is 2.62 bits per heavy atom. The number of hydrogen-bond donors (Lipinski definition) is 0. The van der Waals surface area contributed by atoms with Gasteiger partial charge in [-0.15, -0.1) is 0 Å². The summed E-state index contributed by atoms with van der Waals surface area (Å²) in [7, 11) is 3.52. The normalized spacial score (nSPS) is 18.4. The monoisotopic (exact) mass is 333 g/mol. The van der Waals surface area contributed by atoms with Crippen LogP contribution in [0.5, 0.6) is 0 Å². The van der Waals surface area contributed by atoms with Crippen molar-refractivity contribution in [3.05, 3.63) is 29.8 Å². The van der Waals surface area contributed by atoms with Gasteiger partial charge in [-0.05, 0) is 33.0 Å². The molecule has 1 fully saturated rings. The number of piperazine rings is 1. The highest BCUT2D eigenvalue weighted by atomic mass is 16.5. The zero-order valence-electron chi connectivity index (χ0n) is 15.0. The molecule has 0 unspecified atom stereocenters. The molecule has 2 rings (SSSR count). The predicted molar refractivity (Wildman–Crippen MR) is 94.1 cm³/mol. The summed E-state index contributed by atoms with van der Waals surface area (Å²) in [5.41, 5.74) is 2.05. The summed E-state index contributed by atoms with van der Waals surface area (Å²) in [4.78, 5) is 30.3. The van der Waals surface area contributed by atoms with Gasteiger partial charge in [0.05, 0.1) is 13.2 Å². The largest absolute Gasteiger partial charge is 0.383 e. The van der Waals surface area contributed by atoms with Gasteiger partial charge < -0.3 is 14.5 Å². The molecule has 0 aliphatic carbocycles. The van der Waals surface area contributed by atoms with E-state index in [0.717, 1.165) is 11.3 Å². The molecule has 24 heavy (non-hydrogen) atoms. The quantitative estimate of drug-likeness (QED) is 0.783. The minimum absolute atomic E-state index is 0.00710. The van der Waals surface area contributed by atoms with E-state index >= 15 is 0 Å². The molecular formula is C18H27N3O3. The number of anilines is 1. The van der Waals surface area contributed by atoms with Crippen molar-refractivity contribution in [2.24, 2.45) is 0 Å². The van der Waals surface area contributed by atoms with Gasteiger partial charge >= 0.3 is 0 Å². The lowest BCUT2D eigenvalue weighted by atomic mass is 10.1. The molecule has 0 saturated carbocycles. The van der Waals surface area contributed by atoms with Crippen LogP contribution in [0.15, 0.2) is 24.3 Å². The van der Waals surface area contributed by atoms with Crippen molar-refractivity contribution in [2.75, 3.05) is 51.8 Å². The summed E-state index contributed by atoms with van der Waals surface area (Å²) >= 11 is 0. The number of hydrogen-bond acceptors (Lipinski definition) is 4. The number of amides is 2. The first-order valence-electron chi connectivity index (χ1n) is 8.26. The van der Waals surface area contributed by atoms with E-state index < -0.39 is 0 Å². The highest BCUT2D eigenvalue weighted by Gasteiger charge is 2.33. The Hall–Kier alpha value is -1.92. The first-order chi connectivity index (χ1) is 11.4. The van der Waals surface area contributed by atoms with Crippen LogP contribution >= 0.6 is 0 Å². The molecule has 2 amide bonds. The van der Waals surface area contributed by atoms with Crippen LogP contribution in [0.2, 0.25) is 0 Å². The number of ether oxygens (including phenoxy) is 1. The Kier molecular flexibility index (Phi) is 6.34. The summed E-state index contributed by atoms with van der Waals surface area (Å²) in [5, 5.41) is 0. The summed E-state index contributed by atoms with van der Waals surface area (Å²) in [6.07, 6.45) is 0. The van der Waals surface area contributed by atoms with E-state index in [0.29, 0.717) is 26.2 Å². The molecule has 1 atom stereocenters. The molecule has 6 heteroatoms. The molecule has 1 aliphatic rings. The number of carbonyl (C=O) groups is 2. The third-order valence-corrected chi connectivity index (χ3v) is 4.33. The van der Waals surface area contributed by atoms with Crippen molar-refractivity contribution in [3.8, 4) is 0 Å². The average molecular weight is 333 g/mol. The maximum Gasteiger partial charge on any atom is 0.246 e. The van der Waals surface area contributed by atoms with Crippen LogP contribution in [-0.2, 0) is 14.3 Å². The van der Waals surface area contributed by atoms with Crippen molar-refractivity contribution in [1.29, 1.82) is 0 Å². The van der Waals surface area contributed by atoms with E-state index in [-0.39, 0.29) is 24.4 Å². The predicted octanol–water partition coefficient (Wildman–Crippen LogP) is 1.14. The van der Waals surface area contributed by atoms with Crippen LogP contribution in [-0.4, -0.2) is 74.6 Å². The van der Waals surface area contributed by atoms with Gasteiger partial charge in [0.15, 0.2) is 0 Å². The van der Waals surface area contributed by atoms with Gasteiger partial charge in [-0.3, -0.25) is 14.5 Å². The zero-order chi connectivity index (χ0) is 17.7. The fourth-order valence-corrected chi connectivity index (χ4v) is 2.81. The first-order valence-corrected chi connectivity index (χ1v) is 8.26. The van der Waals surface area contributed by atoms with Crippen molar-refractivity contribution >= 4 is 17.5 Å². The van der Waals surface area contributed by atoms with Crippen molar-refractivity contribution in [1.82, 2.24) is 9.80 Å². The second-order valence-electron chi connectivity index (χ2n) is 6.44. The van der Waals surface area contributed by atoms with Crippen molar-refractivity contribution in [2.45, 2.75) is 19.9 Å². The highest BCUT2D eigenvalue weighted by molar-refractivity contribution is 5.98. The first kappa shape index (κ1) is 18.4. The maximum atomic E-state index is 12.5. The van der Waals surface area contributed by atoms with Crippen LogP contribution in [0.25, 0.3) is 0 Å². The molecule has 0 bridgehead atoms. The number of nitrogens with zero attached hydrogens (tertiary/aromatic N) is 3.